The highest BCUT2D eigenvalue weighted by Gasteiger charge is 2.16. The number of nitrogens with two attached hydrogens (primary N) is 2. The van der Waals surface area contributed by atoms with Crippen LogP contribution in [0, 0.1) is 0 Å². The SMILES string of the molecule is CCCN(CCN(C)C)c1ncc(N)cc1C(N)=O. The average Bonchev–Trinajstić information content (AvgIpc) is 2.34. The first kappa shape index (κ1) is 15.2. The van der Waals surface area contributed by atoms with Crippen LogP contribution in [0.5, 0.6) is 0 Å². The normalized spacial score (nSPS) is 10.7. The van der Waals surface area contributed by atoms with Crippen LogP contribution in [0.15, 0.2) is 12.3 Å². The van der Waals surface area contributed by atoms with Gasteiger partial charge in [0.2, 0.25) is 0 Å². The van der Waals surface area contributed by atoms with Gasteiger partial charge in [-0.1, -0.05) is 6.92 Å². The van der Waals surface area contributed by atoms with Crippen molar-refractivity contribution in [3.63, 3.8) is 0 Å². The molecule has 1 heterocycles. The quantitative estimate of drug-likeness (QED) is 0.751. The molecule has 0 spiro atoms. The molecule has 0 saturated carbocycles. The zero-order valence-corrected chi connectivity index (χ0v) is 11.9. The second-order valence-corrected chi connectivity index (χ2v) is 4.79. The molecule has 19 heavy (non-hydrogen) atoms. The molecule has 0 fully saturated rings. The van der Waals surface area contributed by atoms with Crippen LogP contribution in [0.1, 0.15) is 23.7 Å². The molecule has 0 atom stereocenters. The molecule has 0 unspecified atom stereocenters. The number of hydrogen-bond donors (Lipinski definition) is 2. The predicted molar refractivity (Wildman–Crippen MR) is 78.2 cm³/mol. The molecule has 0 radical (unpaired) electrons. The number of aromatic nitrogens is 1. The Morgan fingerprint density at radius 2 is 2.00 bits per heavy atom. The molecular weight excluding hydrogens is 242 g/mol. The van der Waals surface area contributed by atoms with E-state index in [-0.39, 0.29) is 0 Å². The van der Waals surface area contributed by atoms with Crippen molar-refractivity contribution in [3.8, 4) is 0 Å². The summed E-state index contributed by atoms with van der Waals surface area (Å²) in [6.45, 7) is 4.58. The van der Waals surface area contributed by atoms with E-state index in [0.29, 0.717) is 17.1 Å². The zero-order chi connectivity index (χ0) is 14.4. The van der Waals surface area contributed by atoms with Gasteiger partial charge in [0.15, 0.2) is 0 Å². The molecule has 0 bridgehead atoms. The third-order valence-electron chi connectivity index (χ3n) is 2.76. The molecule has 0 saturated heterocycles. The van der Waals surface area contributed by atoms with Gasteiger partial charge in [0.1, 0.15) is 5.82 Å². The fourth-order valence-electron chi connectivity index (χ4n) is 1.82. The molecule has 1 aromatic heterocycles. The third kappa shape index (κ3) is 4.40. The van der Waals surface area contributed by atoms with Crippen LogP contribution in [-0.4, -0.2) is 49.5 Å². The van der Waals surface area contributed by atoms with E-state index in [1.165, 1.54) is 0 Å². The Kier molecular flexibility index (Phi) is 5.57. The van der Waals surface area contributed by atoms with E-state index in [2.05, 4.69) is 21.7 Å². The standard InChI is InChI=1S/C13H23N5O/c1-4-5-18(7-6-17(2)3)13-11(12(15)19)8-10(14)9-16-13/h8-9H,4-7,14H2,1-3H3,(H2,15,19). The maximum absolute atomic E-state index is 11.5. The van der Waals surface area contributed by atoms with E-state index in [1.807, 2.05) is 14.1 Å². The van der Waals surface area contributed by atoms with Gasteiger partial charge in [-0.2, -0.15) is 0 Å². The van der Waals surface area contributed by atoms with Gasteiger partial charge in [-0.15, -0.1) is 0 Å². The lowest BCUT2D eigenvalue weighted by Gasteiger charge is -2.26. The maximum Gasteiger partial charge on any atom is 0.252 e. The number of amides is 1. The van der Waals surface area contributed by atoms with Crippen LogP contribution in [0.4, 0.5) is 11.5 Å². The summed E-state index contributed by atoms with van der Waals surface area (Å²) < 4.78 is 0. The first-order valence-corrected chi connectivity index (χ1v) is 6.40. The van der Waals surface area contributed by atoms with Crippen LogP contribution in [-0.2, 0) is 0 Å². The summed E-state index contributed by atoms with van der Waals surface area (Å²) in [5, 5.41) is 0. The number of anilines is 2. The first-order chi connectivity index (χ1) is 8.95. The van der Waals surface area contributed by atoms with Crippen LogP contribution in [0.2, 0.25) is 0 Å². The number of nitrogen functional groups attached to an aromatic ring is 1. The number of nitrogens with zero attached hydrogens (tertiary/aromatic N) is 3. The van der Waals surface area contributed by atoms with Crippen molar-refractivity contribution >= 4 is 17.4 Å². The summed E-state index contributed by atoms with van der Waals surface area (Å²) in [4.78, 5) is 19.9. The minimum Gasteiger partial charge on any atom is -0.397 e. The molecule has 4 N–H and O–H groups in total. The minimum atomic E-state index is -0.499. The van der Waals surface area contributed by atoms with E-state index in [4.69, 9.17) is 11.5 Å². The predicted octanol–water partition coefficient (Wildman–Crippen LogP) is 0.541. The van der Waals surface area contributed by atoms with Crippen LogP contribution < -0.4 is 16.4 Å². The van der Waals surface area contributed by atoms with E-state index in [1.54, 1.807) is 12.3 Å². The van der Waals surface area contributed by atoms with Crippen molar-refractivity contribution in [1.82, 2.24) is 9.88 Å². The molecule has 1 aromatic rings. The highest BCUT2D eigenvalue weighted by molar-refractivity contribution is 5.98. The van der Waals surface area contributed by atoms with Gasteiger partial charge < -0.3 is 21.3 Å². The highest BCUT2D eigenvalue weighted by Crippen LogP contribution is 2.19. The Labute approximate surface area is 114 Å². The fraction of sp³-hybridized carbons (Fsp3) is 0.538. The molecule has 6 heteroatoms. The van der Waals surface area contributed by atoms with Crippen molar-refractivity contribution in [3.05, 3.63) is 17.8 Å². The maximum atomic E-state index is 11.5. The van der Waals surface area contributed by atoms with Crippen molar-refractivity contribution in [2.24, 2.45) is 5.73 Å². The molecule has 0 aliphatic carbocycles. The van der Waals surface area contributed by atoms with Crippen molar-refractivity contribution < 1.29 is 4.79 Å². The van der Waals surface area contributed by atoms with Gasteiger partial charge >= 0.3 is 0 Å². The summed E-state index contributed by atoms with van der Waals surface area (Å²) >= 11 is 0. The Morgan fingerprint density at radius 3 is 2.53 bits per heavy atom. The van der Waals surface area contributed by atoms with Crippen molar-refractivity contribution in [2.75, 3.05) is 44.4 Å². The minimum absolute atomic E-state index is 0.382. The van der Waals surface area contributed by atoms with Gasteiger partial charge in [-0.25, -0.2) is 4.98 Å². The molecule has 106 valence electrons. The molecular formula is C13H23N5O. The number of pyridine rings is 1. The second kappa shape index (κ2) is 6.94. The Balaban J connectivity index is 3.03. The monoisotopic (exact) mass is 265 g/mol. The Bertz CT molecular complexity index is 433. The van der Waals surface area contributed by atoms with Gasteiger partial charge in [0.05, 0.1) is 17.4 Å². The molecule has 1 rings (SSSR count). The Hall–Kier alpha value is -1.82. The number of likely N-dealkylation sites (N-methyl/N-ethyl adjacent to an activating group) is 1. The van der Waals surface area contributed by atoms with E-state index >= 15 is 0 Å². The smallest absolute Gasteiger partial charge is 0.252 e. The zero-order valence-electron chi connectivity index (χ0n) is 11.9. The van der Waals surface area contributed by atoms with E-state index in [0.717, 1.165) is 26.1 Å². The lowest BCUT2D eigenvalue weighted by Crippen LogP contribution is -2.34. The van der Waals surface area contributed by atoms with Gasteiger partial charge in [-0.3, -0.25) is 4.79 Å². The van der Waals surface area contributed by atoms with Crippen LogP contribution in [0.3, 0.4) is 0 Å². The molecule has 0 aliphatic heterocycles. The number of rotatable bonds is 7. The fourth-order valence-corrected chi connectivity index (χ4v) is 1.82. The molecule has 0 aliphatic rings. The number of hydrogen-bond acceptors (Lipinski definition) is 5. The second-order valence-electron chi connectivity index (χ2n) is 4.79. The van der Waals surface area contributed by atoms with Crippen LogP contribution in [0.25, 0.3) is 0 Å². The summed E-state index contributed by atoms with van der Waals surface area (Å²) in [5.74, 6) is 0.117. The molecule has 0 aromatic carbocycles. The van der Waals surface area contributed by atoms with Crippen molar-refractivity contribution in [2.45, 2.75) is 13.3 Å². The summed E-state index contributed by atoms with van der Waals surface area (Å²) in [6, 6.07) is 1.59. The number of primary amides is 1. The first-order valence-electron chi connectivity index (χ1n) is 6.40. The lowest BCUT2D eigenvalue weighted by atomic mass is 10.2. The third-order valence-corrected chi connectivity index (χ3v) is 2.76. The largest absolute Gasteiger partial charge is 0.397 e. The van der Waals surface area contributed by atoms with Gasteiger partial charge in [-0.05, 0) is 26.6 Å². The van der Waals surface area contributed by atoms with E-state index in [9.17, 15) is 4.79 Å². The van der Waals surface area contributed by atoms with Crippen LogP contribution >= 0.6 is 0 Å². The Morgan fingerprint density at radius 1 is 1.32 bits per heavy atom. The summed E-state index contributed by atoms with van der Waals surface area (Å²) in [5.41, 5.74) is 11.9. The number of carbonyl (C=O) groups is 1. The number of carbonyl (C=O) groups excluding carboxylic acids is 1. The van der Waals surface area contributed by atoms with Crippen molar-refractivity contribution in [1.29, 1.82) is 0 Å². The summed E-state index contributed by atoms with van der Waals surface area (Å²) in [7, 11) is 4.02. The summed E-state index contributed by atoms with van der Waals surface area (Å²) in [6.07, 6.45) is 2.53. The van der Waals surface area contributed by atoms with Gasteiger partial charge in [0, 0.05) is 19.6 Å². The molecule has 1 amide bonds. The highest BCUT2D eigenvalue weighted by atomic mass is 16.1. The van der Waals surface area contributed by atoms with E-state index < -0.39 is 5.91 Å². The van der Waals surface area contributed by atoms with Gasteiger partial charge in [0.25, 0.3) is 5.91 Å². The lowest BCUT2D eigenvalue weighted by molar-refractivity contribution is 0.100. The average molecular weight is 265 g/mol. The topological polar surface area (TPSA) is 88.5 Å². The molecule has 6 nitrogen and oxygen atoms in total.